The zero-order valence-electron chi connectivity index (χ0n) is 9.23. The standard InChI is InChI=1S/C12H16O2S/c1-12(2,3)14-11(13)10(15)9-7-5-4-6-8-9/h4-8,10,15H,1-3H3. The normalized spacial score (nSPS) is 13.3. The van der Waals surface area contributed by atoms with Gasteiger partial charge < -0.3 is 4.74 Å². The van der Waals surface area contributed by atoms with Gasteiger partial charge in [-0.1, -0.05) is 30.3 Å². The molecule has 0 saturated carbocycles. The monoisotopic (exact) mass is 224 g/mol. The molecule has 0 radical (unpaired) electrons. The second kappa shape index (κ2) is 4.71. The Bertz CT molecular complexity index is 327. The number of thiol groups is 1. The molecule has 1 unspecified atom stereocenters. The average Bonchev–Trinajstić information content (AvgIpc) is 2.15. The predicted molar refractivity (Wildman–Crippen MR) is 64.0 cm³/mol. The lowest BCUT2D eigenvalue weighted by Crippen LogP contribution is -2.26. The molecule has 0 spiro atoms. The average molecular weight is 224 g/mol. The van der Waals surface area contributed by atoms with Gasteiger partial charge in [0, 0.05) is 0 Å². The SMILES string of the molecule is CC(C)(C)OC(=O)C(S)c1ccccc1. The summed E-state index contributed by atoms with van der Waals surface area (Å²) in [7, 11) is 0. The number of hydrogen-bond donors (Lipinski definition) is 1. The third kappa shape index (κ3) is 3.96. The van der Waals surface area contributed by atoms with Crippen LogP contribution < -0.4 is 0 Å². The Morgan fingerprint density at radius 1 is 1.27 bits per heavy atom. The van der Waals surface area contributed by atoms with E-state index < -0.39 is 10.9 Å². The van der Waals surface area contributed by atoms with Gasteiger partial charge in [0.05, 0.1) is 0 Å². The molecule has 0 aromatic heterocycles. The van der Waals surface area contributed by atoms with Crippen LogP contribution in [0.5, 0.6) is 0 Å². The quantitative estimate of drug-likeness (QED) is 0.617. The van der Waals surface area contributed by atoms with Crippen LogP contribution in [0.1, 0.15) is 31.6 Å². The van der Waals surface area contributed by atoms with Crippen molar-refractivity contribution in [2.75, 3.05) is 0 Å². The van der Waals surface area contributed by atoms with Gasteiger partial charge in [-0.15, -0.1) is 0 Å². The first-order chi connectivity index (χ1) is 6.90. The van der Waals surface area contributed by atoms with E-state index in [1.165, 1.54) is 0 Å². The fourth-order valence-corrected chi connectivity index (χ4v) is 1.35. The molecule has 82 valence electrons. The van der Waals surface area contributed by atoms with Gasteiger partial charge >= 0.3 is 5.97 Å². The van der Waals surface area contributed by atoms with Crippen LogP contribution in [-0.4, -0.2) is 11.6 Å². The molecule has 0 fully saturated rings. The van der Waals surface area contributed by atoms with Crippen molar-refractivity contribution < 1.29 is 9.53 Å². The summed E-state index contributed by atoms with van der Waals surface area (Å²) in [6.45, 7) is 5.53. The van der Waals surface area contributed by atoms with Crippen molar-refractivity contribution in [3.05, 3.63) is 35.9 Å². The maximum Gasteiger partial charge on any atom is 0.323 e. The molecule has 0 heterocycles. The molecule has 1 aromatic rings. The molecule has 0 N–H and O–H groups in total. The second-order valence-corrected chi connectivity index (χ2v) is 4.86. The summed E-state index contributed by atoms with van der Waals surface area (Å²) >= 11 is 4.25. The van der Waals surface area contributed by atoms with Gasteiger partial charge in [0.15, 0.2) is 0 Å². The van der Waals surface area contributed by atoms with E-state index in [-0.39, 0.29) is 5.97 Å². The van der Waals surface area contributed by atoms with E-state index >= 15 is 0 Å². The maximum absolute atomic E-state index is 11.7. The highest BCUT2D eigenvalue weighted by molar-refractivity contribution is 7.81. The van der Waals surface area contributed by atoms with Crippen LogP contribution in [0.3, 0.4) is 0 Å². The highest BCUT2D eigenvalue weighted by Crippen LogP contribution is 2.23. The Hall–Kier alpha value is -0.960. The molecule has 15 heavy (non-hydrogen) atoms. The Balaban J connectivity index is 2.70. The smallest absolute Gasteiger partial charge is 0.323 e. The van der Waals surface area contributed by atoms with E-state index in [1.807, 2.05) is 51.1 Å². The Morgan fingerprint density at radius 3 is 2.27 bits per heavy atom. The molecule has 0 bridgehead atoms. The molecule has 2 nitrogen and oxygen atoms in total. The highest BCUT2D eigenvalue weighted by Gasteiger charge is 2.23. The van der Waals surface area contributed by atoms with Crippen LogP contribution >= 0.6 is 12.6 Å². The lowest BCUT2D eigenvalue weighted by atomic mass is 10.1. The van der Waals surface area contributed by atoms with E-state index in [0.29, 0.717) is 0 Å². The largest absolute Gasteiger partial charge is 0.459 e. The van der Waals surface area contributed by atoms with Crippen molar-refractivity contribution >= 4 is 18.6 Å². The molecule has 0 aliphatic carbocycles. The molecular weight excluding hydrogens is 208 g/mol. The number of hydrogen-bond acceptors (Lipinski definition) is 3. The molecule has 0 aliphatic rings. The topological polar surface area (TPSA) is 26.3 Å². The zero-order valence-corrected chi connectivity index (χ0v) is 10.1. The van der Waals surface area contributed by atoms with Crippen molar-refractivity contribution in [3.8, 4) is 0 Å². The van der Waals surface area contributed by atoms with Gasteiger partial charge in [-0.05, 0) is 26.3 Å². The lowest BCUT2D eigenvalue weighted by molar-refractivity contribution is -0.154. The number of esters is 1. The molecule has 1 aromatic carbocycles. The van der Waals surface area contributed by atoms with E-state index in [4.69, 9.17) is 4.74 Å². The number of carbonyl (C=O) groups is 1. The summed E-state index contributed by atoms with van der Waals surface area (Å²) in [6.07, 6.45) is 0. The number of ether oxygens (including phenoxy) is 1. The van der Waals surface area contributed by atoms with Crippen LogP contribution in [0.25, 0.3) is 0 Å². The van der Waals surface area contributed by atoms with Gasteiger partial charge in [-0.2, -0.15) is 12.6 Å². The first-order valence-electron chi connectivity index (χ1n) is 4.86. The fourth-order valence-electron chi connectivity index (χ4n) is 1.13. The first kappa shape index (κ1) is 12.1. The summed E-state index contributed by atoms with van der Waals surface area (Å²) in [6, 6.07) is 9.38. The summed E-state index contributed by atoms with van der Waals surface area (Å²) in [5, 5.41) is -0.509. The third-order valence-corrected chi connectivity index (χ3v) is 2.25. The van der Waals surface area contributed by atoms with E-state index in [2.05, 4.69) is 12.6 Å². The minimum atomic E-state index is -0.509. The summed E-state index contributed by atoms with van der Waals surface area (Å²) in [5.74, 6) is -0.308. The van der Waals surface area contributed by atoms with Crippen LogP contribution in [0.4, 0.5) is 0 Å². The Morgan fingerprint density at radius 2 is 1.80 bits per heavy atom. The molecule has 1 rings (SSSR count). The molecule has 1 atom stereocenters. The number of carbonyl (C=O) groups excluding carboxylic acids is 1. The fraction of sp³-hybridized carbons (Fsp3) is 0.417. The summed E-state index contributed by atoms with van der Waals surface area (Å²) < 4.78 is 5.24. The minimum Gasteiger partial charge on any atom is -0.459 e. The van der Waals surface area contributed by atoms with Crippen molar-refractivity contribution in [3.63, 3.8) is 0 Å². The van der Waals surface area contributed by atoms with Gasteiger partial charge in [-0.25, -0.2) is 0 Å². The van der Waals surface area contributed by atoms with Crippen LogP contribution in [0.15, 0.2) is 30.3 Å². The van der Waals surface area contributed by atoms with E-state index in [1.54, 1.807) is 0 Å². The first-order valence-corrected chi connectivity index (χ1v) is 5.38. The summed E-state index contributed by atoms with van der Waals surface area (Å²) in [5.41, 5.74) is 0.391. The predicted octanol–water partition coefficient (Wildman–Crippen LogP) is 3.00. The Labute approximate surface area is 96.1 Å². The zero-order chi connectivity index (χ0) is 11.5. The van der Waals surface area contributed by atoms with Crippen molar-refractivity contribution in [1.82, 2.24) is 0 Å². The number of rotatable bonds is 2. The van der Waals surface area contributed by atoms with E-state index in [9.17, 15) is 4.79 Å². The van der Waals surface area contributed by atoms with Gasteiger partial charge in [0.2, 0.25) is 0 Å². The van der Waals surface area contributed by atoms with Crippen LogP contribution in [-0.2, 0) is 9.53 Å². The highest BCUT2D eigenvalue weighted by atomic mass is 32.1. The Kier molecular flexibility index (Phi) is 3.80. The van der Waals surface area contributed by atoms with Gasteiger partial charge in [0.25, 0.3) is 0 Å². The molecule has 0 aliphatic heterocycles. The minimum absolute atomic E-state index is 0.308. The second-order valence-electron chi connectivity index (χ2n) is 4.35. The number of benzene rings is 1. The molecule has 0 amide bonds. The van der Waals surface area contributed by atoms with Crippen molar-refractivity contribution in [2.45, 2.75) is 31.6 Å². The molecule has 0 saturated heterocycles. The molecular formula is C12H16O2S. The summed E-state index contributed by atoms with van der Waals surface area (Å²) in [4.78, 5) is 11.7. The molecule has 3 heteroatoms. The van der Waals surface area contributed by atoms with Crippen molar-refractivity contribution in [2.24, 2.45) is 0 Å². The van der Waals surface area contributed by atoms with Crippen LogP contribution in [0.2, 0.25) is 0 Å². The van der Waals surface area contributed by atoms with Gasteiger partial charge in [-0.3, -0.25) is 4.79 Å². The van der Waals surface area contributed by atoms with Gasteiger partial charge in [0.1, 0.15) is 10.9 Å². The lowest BCUT2D eigenvalue weighted by Gasteiger charge is -2.21. The van der Waals surface area contributed by atoms with Crippen molar-refractivity contribution in [1.29, 1.82) is 0 Å². The van der Waals surface area contributed by atoms with Crippen LogP contribution in [0, 0.1) is 0 Å². The maximum atomic E-state index is 11.7. The van der Waals surface area contributed by atoms with E-state index in [0.717, 1.165) is 5.56 Å². The third-order valence-electron chi connectivity index (χ3n) is 1.75.